The Bertz CT molecular complexity index is 696. The van der Waals surface area contributed by atoms with Gasteiger partial charge < -0.3 is 19.7 Å². The van der Waals surface area contributed by atoms with Crippen molar-refractivity contribution in [2.75, 3.05) is 6.61 Å². The summed E-state index contributed by atoms with van der Waals surface area (Å²) in [6.45, 7) is 8.17. The first-order valence-corrected chi connectivity index (χ1v) is 8.45. The molecule has 0 heterocycles. The topological polar surface area (TPSA) is 76.0 Å². The first kappa shape index (κ1) is 19.2. The zero-order chi connectivity index (χ0) is 18.7. The lowest BCUT2D eigenvalue weighted by atomic mass is 9.93. The molecule has 0 saturated carbocycles. The van der Waals surface area contributed by atoms with Crippen LogP contribution in [-0.4, -0.2) is 34.0 Å². The summed E-state index contributed by atoms with van der Waals surface area (Å²) in [5.41, 5.74) is -0.209. The lowest BCUT2D eigenvalue weighted by Crippen LogP contribution is -2.43. The molecule has 25 heavy (non-hydrogen) atoms. The number of hydrogen-bond acceptors (Lipinski definition) is 5. The summed E-state index contributed by atoms with van der Waals surface area (Å²) in [5.74, 6) is -1.78. The van der Waals surface area contributed by atoms with Crippen LogP contribution in [0.3, 0.4) is 0 Å². The molecule has 0 radical (unpaired) electrons. The van der Waals surface area contributed by atoms with Gasteiger partial charge in [-0.25, -0.2) is 0 Å². The molecule has 0 saturated heterocycles. The highest BCUT2D eigenvalue weighted by Gasteiger charge is 2.39. The number of para-hydroxylation sites is 1. The van der Waals surface area contributed by atoms with Crippen LogP contribution in [0.1, 0.15) is 50.9 Å². The predicted molar refractivity (Wildman–Crippen MR) is 95.7 cm³/mol. The third-order valence-electron chi connectivity index (χ3n) is 3.65. The van der Waals surface area contributed by atoms with Gasteiger partial charge in [0, 0.05) is 0 Å². The Balaban J connectivity index is 2.31. The summed E-state index contributed by atoms with van der Waals surface area (Å²) < 4.78 is 11.9. The van der Waals surface area contributed by atoms with Gasteiger partial charge in [-0.05, 0) is 51.5 Å². The zero-order valence-corrected chi connectivity index (χ0v) is 15.2. The van der Waals surface area contributed by atoms with E-state index in [1.165, 1.54) is 18.2 Å². The summed E-state index contributed by atoms with van der Waals surface area (Å²) >= 11 is 0. The number of benzene rings is 1. The molecule has 0 bridgehead atoms. The van der Waals surface area contributed by atoms with Crippen LogP contribution in [0.4, 0.5) is 0 Å². The minimum Gasteiger partial charge on any atom is -0.511 e. The Morgan fingerprint density at radius 1 is 1.24 bits per heavy atom. The number of phenolic OH excluding ortho intramolecular Hbond substituents is 1. The lowest BCUT2D eigenvalue weighted by Gasteiger charge is -2.38. The van der Waals surface area contributed by atoms with Gasteiger partial charge in [-0.2, -0.15) is 0 Å². The SMILES string of the molecule is CCCOC1(OC(C)(C)C)C=CC(C(=O)c2ccccc2O)=C(O)C1. The molecule has 1 aromatic rings. The lowest BCUT2D eigenvalue weighted by molar-refractivity contribution is -0.251. The number of ketones is 1. The van der Waals surface area contributed by atoms with Crippen molar-refractivity contribution in [3.8, 4) is 5.75 Å². The van der Waals surface area contributed by atoms with Gasteiger partial charge in [0.15, 0.2) is 11.6 Å². The second-order valence-electron chi connectivity index (χ2n) is 7.09. The van der Waals surface area contributed by atoms with E-state index in [1.54, 1.807) is 18.2 Å². The van der Waals surface area contributed by atoms with Gasteiger partial charge in [-0.15, -0.1) is 0 Å². The molecule has 2 rings (SSSR count). The first-order valence-electron chi connectivity index (χ1n) is 8.45. The Labute approximate surface area is 148 Å². The first-order chi connectivity index (χ1) is 11.7. The van der Waals surface area contributed by atoms with Crippen LogP contribution in [-0.2, 0) is 9.47 Å². The van der Waals surface area contributed by atoms with E-state index in [0.29, 0.717) is 6.61 Å². The van der Waals surface area contributed by atoms with Crippen molar-refractivity contribution < 1.29 is 24.5 Å². The van der Waals surface area contributed by atoms with Crippen molar-refractivity contribution in [1.29, 1.82) is 0 Å². The minimum atomic E-state index is -1.11. The number of ether oxygens (including phenoxy) is 2. The number of allylic oxidation sites excluding steroid dienone is 2. The molecule has 0 fully saturated rings. The monoisotopic (exact) mass is 346 g/mol. The average molecular weight is 346 g/mol. The number of phenols is 1. The van der Waals surface area contributed by atoms with E-state index in [2.05, 4.69) is 0 Å². The number of carbonyl (C=O) groups is 1. The molecule has 136 valence electrons. The van der Waals surface area contributed by atoms with Crippen LogP contribution in [0.15, 0.2) is 47.7 Å². The van der Waals surface area contributed by atoms with Crippen LogP contribution in [0.25, 0.3) is 0 Å². The summed E-state index contributed by atoms with van der Waals surface area (Å²) in [6, 6.07) is 6.26. The molecule has 1 aliphatic rings. The van der Waals surface area contributed by atoms with E-state index in [1.807, 2.05) is 27.7 Å². The highest BCUT2D eigenvalue weighted by molar-refractivity contribution is 6.12. The highest BCUT2D eigenvalue weighted by Crippen LogP contribution is 2.35. The van der Waals surface area contributed by atoms with E-state index in [-0.39, 0.29) is 29.1 Å². The van der Waals surface area contributed by atoms with Crippen LogP contribution < -0.4 is 0 Å². The van der Waals surface area contributed by atoms with Crippen molar-refractivity contribution >= 4 is 5.78 Å². The van der Waals surface area contributed by atoms with Gasteiger partial charge in [0.2, 0.25) is 0 Å². The van der Waals surface area contributed by atoms with E-state index < -0.39 is 17.2 Å². The second-order valence-corrected chi connectivity index (χ2v) is 7.09. The average Bonchev–Trinajstić information content (AvgIpc) is 2.51. The minimum absolute atomic E-state index is 0.0371. The van der Waals surface area contributed by atoms with E-state index >= 15 is 0 Å². The maximum atomic E-state index is 12.6. The number of aromatic hydroxyl groups is 1. The fraction of sp³-hybridized carbons (Fsp3) is 0.450. The fourth-order valence-corrected chi connectivity index (χ4v) is 2.70. The van der Waals surface area contributed by atoms with Gasteiger partial charge in [-0.1, -0.05) is 19.1 Å². The molecular formula is C20H26O5. The highest BCUT2D eigenvalue weighted by atomic mass is 16.7. The number of aliphatic hydroxyl groups is 1. The number of aliphatic hydroxyl groups excluding tert-OH is 1. The van der Waals surface area contributed by atoms with Crippen molar-refractivity contribution in [2.45, 2.75) is 51.9 Å². The van der Waals surface area contributed by atoms with Gasteiger partial charge in [0.25, 0.3) is 0 Å². The molecule has 0 aromatic heterocycles. The maximum Gasteiger partial charge on any atom is 0.200 e. The molecule has 1 unspecified atom stereocenters. The Hall–Kier alpha value is -2.11. The van der Waals surface area contributed by atoms with Gasteiger partial charge in [-0.3, -0.25) is 4.79 Å². The fourth-order valence-electron chi connectivity index (χ4n) is 2.70. The summed E-state index contributed by atoms with van der Waals surface area (Å²) in [5, 5.41) is 20.4. The number of Topliss-reactive ketones (excluding diaryl/α,β-unsaturated/α-hetero) is 1. The maximum absolute atomic E-state index is 12.6. The molecule has 0 amide bonds. The Morgan fingerprint density at radius 3 is 2.48 bits per heavy atom. The quantitative estimate of drug-likeness (QED) is 0.594. The zero-order valence-electron chi connectivity index (χ0n) is 15.2. The molecule has 1 aromatic carbocycles. The molecule has 1 atom stereocenters. The predicted octanol–water partition coefficient (Wildman–Crippen LogP) is 4.28. The van der Waals surface area contributed by atoms with E-state index in [9.17, 15) is 15.0 Å². The molecule has 2 N–H and O–H groups in total. The largest absolute Gasteiger partial charge is 0.511 e. The third kappa shape index (κ3) is 4.71. The normalized spacial score (nSPS) is 20.8. The van der Waals surface area contributed by atoms with Gasteiger partial charge >= 0.3 is 0 Å². The van der Waals surface area contributed by atoms with E-state index in [0.717, 1.165) is 6.42 Å². The number of hydrogen-bond donors (Lipinski definition) is 2. The van der Waals surface area contributed by atoms with Crippen LogP contribution in [0.2, 0.25) is 0 Å². The van der Waals surface area contributed by atoms with Crippen LogP contribution in [0, 0.1) is 0 Å². The molecule has 5 nitrogen and oxygen atoms in total. The van der Waals surface area contributed by atoms with Gasteiger partial charge in [0.1, 0.15) is 11.5 Å². The van der Waals surface area contributed by atoms with Crippen molar-refractivity contribution in [3.63, 3.8) is 0 Å². The van der Waals surface area contributed by atoms with Gasteiger partial charge in [0.05, 0.1) is 29.8 Å². The summed E-state index contributed by atoms with van der Waals surface area (Å²) in [7, 11) is 0. The summed E-state index contributed by atoms with van der Waals surface area (Å²) in [4.78, 5) is 12.6. The molecule has 1 aliphatic carbocycles. The molecule has 0 spiro atoms. The molecule has 0 aliphatic heterocycles. The Kier molecular flexibility index (Phi) is 5.70. The van der Waals surface area contributed by atoms with Crippen molar-refractivity contribution in [1.82, 2.24) is 0 Å². The Morgan fingerprint density at radius 2 is 1.92 bits per heavy atom. The smallest absolute Gasteiger partial charge is 0.200 e. The summed E-state index contributed by atoms with van der Waals surface area (Å²) in [6.07, 6.45) is 4.02. The van der Waals surface area contributed by atoms with E-state index in [4.69, 9.17) is 9.47 Å². The standard InChI is InChI=1S/C20H26O5/c1-5-12-24-20(25-19(2,3)4)11-10-15(17(22)13-20)18(23)14-8-6-7-9-16(14)21/h6-11,21-22H,5,12-13H2,1-4H3. The number of carbonyl (C=O) groups excluding carboxylic acids is 1. The van der Waals surface area contributed by atoms with Crippen LogP contribution in [0.5, 0.6) is 5.75 Å². The number of rotatable bonds is 6. The second kappa shape index (κ2) is 7.42. The van der Waals surface area contributed by atoms with Crippen molar-refractivity contribution in [3.05, 3.63) is 53.3 Å². The third-order valence-corrected chi connectivity index (χ3v) is 3.65. The van der Waals surface area contributed by atoms with Crippen molar-refractivity contribution in [2.24, 2.45) is 0 Å². The van der Waals surface area contributed by atoms with Crippen LogP contribution >= 0.6 is 0 Å². The molecule has 5 heteroatoms. The molecular weight excluding hydrogens is 320 g/mol.